The molecule has 0 fully saturated rings. The van der Waals surface area contributed by atoms with E-state index in [1.165, 1.54) is 11.8 Å². The third-order valence-corrected chi connectivity index (χ3v) is 4.55. The van der Waals surface area contributed by atoms with Gasteiger partial charge in [0, 0.05) is 30.0 Å². The third kappa shape index (κ3) is 4.21. The molecule has 0 spiro atoms. The van der Waals surface area contributed by atoms with Gasteiger partial charge in [-0.1, -0.05) is 33.8 Å². The standard InChI is InChI=1S/C16H19BrN2O2S/c1-3-10-22-16-18-14-7-6-12(17)11-13(14)15(20)19(16)8-5-9-21-4-2/h3,6-7,11H,1,4-5,8-10H2,2H3. The summed E-state index contributed by atoms with van der Waals surface area (Å²) >= 11 is 4.94. The lowest BCUT2D eigenvalue weighted by Crippen LogP contribution is -2.24. The highest BCUT2D eigenvalue weighted by Gasteiger charge is 2.11. The molecule has 2 rings (SSSR count). The van der Waals surface area contributed by atoms with E-state index in [4.69, 9.17) is 4.74 Å². The third-order valence-electron chi connectivity index (χ3n) is 3.09. The summed E-state index contributed by atoms with van der Waals surface area (Å²) in [6.45, 7) is 7.63. The first kappa shape index (κ1) is 17.2. The van der Waals surface area contributed by atoms with E-state index in [-0.39, 0.29) is 5.56 Å². The molecular formula is C16H19BrN2O2S. The van der Waals surface area contributed by atoms with Crippen molar-refractivity contribution in [3.63, 3.8) is 0 Å². The maximum atomic E-state index is 12.8. The van der Waals surface area contributed by atoms with Gasteiger partial charge in [0.2, 0.25) is 0 Å². The monoisotopic (exact) mass is 382 g/mol. The molecule has 0 aliphatic heterocycles. The molecule has 0 bridgehead atoms. The van der Waals surface area contributed by atoms with Gasteiger partial charge in [-0.05, 0) is 31.5 Å². The number of hydrogen-bond donors (Lipinski definition) is 0. The smallest absolute Gasteiger partial charge is 0.262 e. The van der Waals surface area contributed by atoms with Crippen LogP contribution in [0.5, 0.6) is 0 Å². The lowest BCUT2D eigenvalue weighted by Gasteiger charge is -2.12. The average molecular weight is 383 g/mol. The molecule has 1 heterocycles. The molecule has 1 aromatic heterocycles. The fourth-order valence-electron chi connectivity index (χ4n) is 2.08. The number of halogens is 1. The van der Waals surface area contributed by atoms with Gasteiger partial charge in [-0.15, -0.1) is 6.58 Å². The average Bonchev–Trinajstić information content (AvgIpc) is 2.52. The number of rotatable bonds is 8. The van der Waals surface area contributed by atoms with Crippen molar-refractivity contribution >= 4 is 38.6 Å². The van der Waals surface area contributed by atoms with Crippen LogP contribution in [0.2, 0.25) is 0 Å². The van der Waals surface area contributed by atoms with Gasteiger partial charge in [0.05, 0.1) is 10.9 Å². The SMILES string of the molecule is C=CCSc1nc2ccc(Br)cc2c(=O)n1CCCOCC. The first-order valence-corrected chi connectivity index (χ1v) is 8.96. The van der Waals surface area contributed by atoms with Crippen LogP contribution in [-0.2, 0) is 11.3 Å². The predicted molar refractivity (Wildman–Crippen MR) is 95.7 cm³/mol. The Morgan fingerprint density at radius 3 is 3.05 bits per heavy atom. The number of aromatic nitrogens is 2. The molecule has 0 unspecified atom stereocenters. The second-order valence-electron chi connectivity index (χ2n) is 4.66. The van der Waals surface area contributed by atoms with E-state index in [1.54, 1.807) is 4.57 Å². The van der Waals surface area contributed by atoms with Crippen LogP contribution >= 0.6 is 27.7 Å². The fraction of sp³-hybridized carbons (Fsp3) is 0.375. The minimum Gasteiger partial charge on any atom is -0.382 e. The Morgan fingerprint density at radius 1 is 1.50 bits per heavy atom. The van der Waals surface area contributed by atoms with E-state index < -0.39 is 0 Å². The molecule has 0 N–H and O–H groups in total. The van der Waals surface area contributed by atoms with Crippen molar-refractivity contribution in [2.45, 2.75) is 25.0 Å². The van der Waals surface area contributed by atoms with Crippen LogP contribution in [0.15, 0.2) is 45.3 Å². The van der Waals surface area contributed by atoms with Crippen LogP contribution in [0.4, 0.5) is 0 Å². The molecular weight excluding hydrogens is 364 g/mol. The van der Waals surface area contributed by atoms with Gasteiger partial charge in [-0.2, -0.15) is 0 Å². The van der Waals surface area contributed by atoms with E-state index in [1.807, 2.05) is 31.2 Å². The van der Waals surface area contributed by atoms with Crippen LogP contribution in [0.25, 0.3) is 10.9 Å². The van der Waals surface area contributed by atoms with Gasteiger partial charge < -0.3 is 4.74 Å². The van der Waals surface area contributed by atoms with Gasteiger partial charge >= 0.3 is 0 Å². The normalized spacial score (nSPS) is 11.0. The number of hydrogen-bond acceptors (Lipinski definition) is 4. The Balaban J connectivity index is 2.41. The highest BCUT2D eigenvalue weighted by Crippen LogP contribution is 2.20. The molecule has 0 saturated heterocycles. The lowest BCUT2D eigenvalue weighted by molar-refractivity contribution is 0.140. The van der Waals surface area contributed by atoms with E-state index in [2.05, 4.69) is 27.5 Å². The minimum absolute atomic E-state index is 0.00522. The summed E-state index contributed by atoms with van der Waals surface area (Å²) in [5.41, 5.74) is 0.718. The Kier molecular flexibility index (Phi) is 6.67. The number of nitrogens with zero attached hydrogens (tertiary/aromatic N) is 2. The molecule has 6 heteroatoms. The number of benzene rings is 1. The van der Waals surface area contributed by atoms with Crippen molar-refractivity contribution < 1.29 is 4.74 Å². The molecule has 118 valence electrons. The number of fused-ring (bicyclic) bond motifs is 1. The van der Waals surface area contributed by atoms with Crippen molar-refractivity contribution in [3.8, 4) is 0 Å². The van der Waals surface area contributed by atoms with E-state index in [9.17, 15) is 4.79 Å². The van der Waals surface area contributed by atoms with Crippen molar-refractivity contribution in [1.82, 2.24) is 9.55 Å². The summed E-state index contributed by atoms with van der Waals surface area (Å²) in [5.74, 6) is 0.722. The Bertz CT molecular complexity index is 715. The van der Waals surface area contributed by atoms with Gasteiger partial charge in [0.1, 0.15) is 0 Å². The van der Waals surface area contributed by atoms with Crippen LogP contribution in [-0.4, -0.2) is 28.5 Å². The molecule has 0 amide bonds. The highest BCUT2D eigenvalue weighted by atomic mass is 79.9. The minimum atomic E-state index is -0.00522. The van der Waals surface area contributed by atoms with E-state index in [0.717, 1.165) is 27.3 Å². The van der Waals surface area contributed by atoms with Gasteiger partial charge in [-0.25, -0.2) is 4.98 Å². The highest BCUT2D eigenvalue weighted by molar-refractivity contribution is 9.10. The topological polar surface area (TPSA) is 44.1 Å². The second kappa shape index (κ2) is 8.50. The van der Waals surface area contributed by atoms with Crippen LogP contribution in [0.3, 0.4) is 0 Å². The molecule has 0 saturated carbocycles. The molecule has 0 aliphatic rings. The molecule has 0 atom stereocenters. The number of thioether (sulfide) groups is 1. The largest absolute Gasteiger partial charge is 0.382 e. The van der Waals surface area contributed by atoms with E-state index >= 15 is 0 Å². The summed E-state index contributed by atoms with van der Waals surface area (Å²) in [6, 6.07) is 5.59. The van der Waals surface area contributed by atoms with Crippen LogP contribution in [0, 0.1) is 0 Å². The molecule has 0 radical (unpaired) electrons. The summed E-state index contributed by atoms with van der Waals surface area (Å²) in [7, 11) is 0. The van der Waals surface area contributed by atoms with Crippen molar-refractivity contribution in [3.05, 3.63) is 45.7 Å². The Hall–Kier alpha value is -1.11. The molecule has 22 heavy (non-hydrogen) atoms. The van der Waals surface area contributed by atoms with Crippen molar-refractivity contribution in [2.24, 2.45) is 0 Å². The lowest BCUT2D eigenvalue weighted by atomic mass is 10.2. The predicted octanol–water partition coefficient (Wildman–Crippen LogP) is 3.86. The molecule has 0 aliphatic carbocycles. The van der Waals surface area contributed by atoms with Gasteiger partial charge in [-0.3, -0.25) is 9.36 Å². The summed E-state index contributed by atoms with van der Waals surface area (Å²) in [6.07, 6.45) is 2.60. The maximum absolute atomic E-state index is 12.8. The molecule has 1 aromatic carbocycles. The summed E-state index contributed by atoms with van der Waals surface area (Å²) < 4.78 is 7.98. The van der Waals surface area contributed by atoms with Gasteiger partial charge in [0.15, 0.2) is 5.16 Å². The van der Waals surface area contributed by atoms with Crippen LogP contribution < -0.4 is 5.56 Å². The first-order valence-electron chi connectivity index (χ1n) is 7.19. The maximum Gasteiger partial charge on any atom is 0.262 e. The first-order chi connectivity index (χ1) is 10.7. The zero-order valence-electron chi connectivity index (χ0n) is 12.5. The zero-order chi connectivity index (χ0) is 15.9. The summed E-state index contributed by atoms with van der Waals surface area (Å²) in [4.78, 5) is 17.4. The Labute approximate surface area is 142 Å². The van der Waals surface area contributed by atoms with Gasteiger partial charge in [0.25, 0.3) is 5.56 Å². The van der Waals surface area contributed by atoms with Crippen molar-refractivity contribution in [1.29, 1.82) is 0 Å². The van der Waals surface area contributed by atoms with E-state index in [0.29, 0.717) is 25.1 Å². The molecule has 4 nitrogen and oxygen atoms in total. The zero-order valence-corrected chi connectivity index (χ0v) is 15.0. The fourth-order valence-corrected chi connectivity index (χ4v) is 3.20. The second-order valence-corrected chi connectivity index (χ2v) is 6.57. The summed E-state index contributed by atoms with van der Waals surface area (Å²) in [5, 5.41) is 1.37. The van der Waals surface area contributed by atoms with Crippen LogP contribution in [0.1, 0.15) is 13.3 Å². The van der Waals surface area contributed by atoms with Crippen molar-refractivity contribution in [2.75, 3.05) is 19.0 Å². The quantitative estimate of drug-likeness (QED) is 0.301. The number of ether oxygens (including phenoxy) is 1. The Morgan fingerprint density at radius 2 is 2.32 bits per heavy atom. The molecule has 2 aromatic rings.